The molecule has 0 saturated carbocycles. The minimum absolute atomic E-state index is 0.962. The molecule has 6 nitrogen and oxygen atoms in total. The molecule has 0 saturated heterocycles. The Morgan fingerprint density at radius 3 is 1.02 bits per heavy atom. The van der Waals surface area contributed by atoms with Gasteiger partial charge in [0, 0.05) is 57.7 Å². The van der Waals surface area contributed by atoms with Gasteiger partial charge in [-0.25, -0.2) is 9.36 Å². The molecule has 0 spiro atoms. The van der Waals surface area contributed by atoms with Gasteiger partial charge < -0.3 is 9.13 Å². The summed E-state index contributed by atoms with van der Waals surface area (Å²) in [5.74, 6) is 0. The summed E-state index contributed by atoms with van der Waals surface area (Å²) in [4.78, 5) is 0. The largest absolute Gasteiger partial charge is 0.309 e. The van der Waals surface area contributed by atoms with Crippen molar-refractivity contribution in [3.05, 3.63) is 170 Å². The molecule has 0 aliphatic heterocycles. The lowest BCUT2D eigenvalue weighted by molar-refractivity contribution is 0.857. The Morgan fingerprint density at radius 1 is 0.333 bits per heavy atom. The minimum atomic E-state index is 0.962. The van der Waals surface area contributed by atoms with E-state index in [1.54, 1.807) is 0 Å². The van der Waals surface area contributed by atoms with Gasteiger partial charge in [0.1, 0.15) is 0 Å². The molecule has 4 heterocycles. The summed E-state index contributed by atoms with van der Waals surface area (Å²) in [7, 11) is 0. The van der Waals surface area contributed by atoms with Crippen LogP contribution in [0, 0.1) is 0 Å². The number of aromatic nitrogens is 6. The normalized spacial score (nSPS) is 11.8. The van der Waals surface area contributed by atoms with Crippen LogP contribution in [0.3, 0.4) is 0 Å². The van der Waals surface area contributed by atoms with Crippen molar-refractivity contribution < 1.29 is 0 Å². The Labute approximate surface area is 275 Å². The molecular formula is C42H28N6. The molecule has 0 atom stereocenters. The Morgan fingerprint density at radius 2 is 0.667 bits per heavy atom. The molecule has 0 aliphatic rings. The zero-order valence-electron chi connectivity index (χ0n) is 25.8. The van der Waals surface area contributed by atoms with E-state index >= 15 is 0 Å². The first kappa shape index (κ1) is 26.5. The Balaban J connectivity index is 1.32. The molecule has 0 amide bonds. The van der Waals surface area contributed by atoms with E-state index in [1.807, 2.05) is 46.3 Å². The first-order valence-electron chi connectivity index (χ1n) is 16.1. The van der Waals surface area contributed by atoms with Crippen molar-refractivity contribution in [3.8, 4) is 33.9 Å². The molecule has 6 heteroatoms. The van der Waals surface area contributed by atoms with E-state index in [-0.39, 0.29) is 0 Å². The van der Waals surface area contributed by atoms with Crippen LogP contribution in [0.5, 0.6) is 0 Å². The summed E-state index contributed by atoms with van der Waals surface area (Å²) >= 11 is 0. The zero-order chi connectivity index (χ0) is 31.6. The van der Waals surface area contributed by atoms with Crippen LogP contribution in [0.15, 0.2) is 170 Å². The Bertz CT molecular complexity index is 2490. The van der Waals surface area contributed by atoms with Crippen molar-refractivity contribution in [1.82, 2.24) is 28.7 Å². The Kier molecular flexibility index (Phi) is 5.77. The zero-order valence-corrected chi connectivity index (χ0v) is 25.8. The summed E-state index contributed by atoms with van der Waals surface area (Å²) in [6.45, 7) is 0. The van der Waals surface area contributed by atoms with Gasteiger partial charge >= 0.3 is 0 Å². The van der Waals surface area contributed by atoms with Gasteiger partial charge in [-0.15, -0.1) is 0 Å². The van der Waals surface area contributed by atoms with E-state index in [1.165, 1.54) is 43.6 Å². The standard InChI is InChI=1S/C42H28N6/c1-5-15-39-35(11-1)36-12-2-6-16-40(36)47(39)33-25-30(29-23-31(45-21-9-19-43-45)27-32(24-29)46-22-10-20-44-46)26-34(28-33)48-41-17-7-3-13-37(41)38-14-4-8-18-42(38)48/h1-28H. The fourth-order valence-corrected chi connectivity index (χ4v) is 7.29. The van der Waals surface area contributed by atoms with Crippen LogP contribution >= 0.6 is 0 Å². The maximum absolute atomic E-state index is 4.58. The van der Waals surface area contributed by atoms with E-state index < -0.39 is 0 Å². The third-order valence-electron chi connectivity index (χ3n) is 9.35. The average molecular weight is 617 g/mol. The number of fused-ring (bicyclic) bond motifs is 6. The van der Waals surface area contributed by atoms with E-state index in [2.05, 4.69) is 153 Å². The number of hydrogen-bond donors (Lipinski definition) is 0. The third kappa shape index (κ3) is 4.06. The molecule has 0 radical (unpaired) electrons. The highest BCUT2D eigenvalue weighted by atomic mass is 15.3. The number of rotatable bonds is 5. The van der Waals surface area contributed by atoms with Gasteiger partial charge in [0.15, 0.2) is 0 Å². The summed E-state index contributed by atoms with van der Waals surface area (Å²) < 4.78 is 8.61. The molecule has 10 rings (SSSR count). The quantitative estimate of drug-likeness (QED) is 0.193. The molecule has 226 valence electrons. The number of para-hydroxylation sites is 4. The second kappa shape index (κ2) is 10.4. The van der Waals surface area contributed by atoms with E-state index in [9.17, 15) is 0 Å². The average Bonchev–Trinajstić information content (AvgIpc) is 3.97. The fraction of sp³-hybridized carbons (Fsp3) is 0. The molecule has 0 bridgehead atoms. The van der Waals surface area contributed by atoms with Gasteiger partial charge in [-0.2, -0.15) is 10.2 Å². The van der Waals surface area contributed by atoms with E-state index in [0.29, 0.717) is 0 Å². The van der Waals surface area contributed by atoms with E-state index in [0.717, 1.165) is 33.9 Å². The maximum atomic E-state index is 4.58. The number of hydrogen-bond acceptors (Lipinski definition) is 2. The van der Waals surface area contributed by atoms with Crippen LogP contribution < -0.4 is 0 Å². The molecule has 0 fully saturated rings. The smallest absolute Gasteiger partial charge is 0.0673 e. The molecular weight excluding hydrogens is 589 g/mol. The highest BCUT2D eigenvalue weighted by molar-refractivity contribution is 6.10. The Hall–Kier alpha value is -6.66. The van der Waals surface area contributed by atoms with Gasteiger partial charge in [0.05, 0.1) is 33.4 Å². The predicted octanol–water partition coefficient (Wildman–Crippen LogP) is 9.92. The first-order chi connectivity index (χ1) is 23.8. The van der Waals surface area contributed by atoms with Gasteiger partial charge in [-0.3, -0.25) is 0 Å². The third-order valence-corrected chi connectivity index (χ3v) is 9.35. The maximum Gasteiger partial charge on any atom is 0.0673 e. The van der Waals surface area contributed by atoms with Crippen LogP contribution in [0.1, 0.15) is 0 Å². The van der Waals surface area contributed by atoms with Crippen LogP contribution in [-0.4, -0.2) is 28.7 Å². The molecule has 4 aromatic heterocycles. The lowest BCUT2D eigenvalue weighted by Crippen LogP contribution is -2.02. The van der Waals surface area contributed by atoms with Crippen molar-refractivity contribution in [2.45, 2.75) is 0 Å². The molecule has 48 heavy (non-hydrogen) atoms. The van der Waals surface area contributed by atoms with Gasteiger partial charge in [-0.05, 0) is 83.9 Å². The van der Waals surface area contributed by atoms with Crippen LogP contribution in [0.4, 0.5) is 0 Å². The number of benzene rings is 6. The van der Waals surface area contributed by atoms with Crippen molar-refractivity contribution in [1.29, 1.82) is 0 Å². The second-order valence-electron chi connectivity index (χ2n) is 12.1. The fourth-order valence-electron chi connectivity index (χ4n) is 7.29. The summed E-state index contributed by atoms with van der Waals surface area (Å²) in [6.07, 6.45) is 7.57. The molecule has 6 aromatic carbocycles. The van der Waals surface area contributed by atoms with Crippen LogP contribution in [0.2, 0.25) is 0 Å². The monoisotopic (exact) mass is 616 g/mol. The molecule has 0 aliphatic carbocycles. The topological polar surface area (TPSA) is 45.5 Å². The highest BCUT2D eigenvalue weighted by Gasteiger charge is 2.18. The lowest BCUT2D eigenvalue weighted by Gasteiger charge is -2.17. The highest BCUT2D eigenvalue weighted by Crippen LogP contribution is 2.38. The number of nitrogens with zero attached hydrogens (tertiary/aromatic N) is 6. The lowest BCUT2D eigenvalue weighted by atomic mass is 10.0. The molecule has 0 unspecified atom stereocenters. The van der Waals surface area contributed by atoms with Crippen molar-refractivity contribution in [2.75, 3.05) is 0 Å². The summed E-state index contributed by atoms with van der Waals surface area (Å²) in [5.41, 5.74) is 11.0. The van der Waals surface area contributed by atoms with Crippen molar-refractivity contribution in [2.24, 2.45) is 0 Å². The first-order valence-corrected chi connectivity index (χ1v) is 16.1. The molecule has 10 aromatic rings. The SMILES string of the molecule is c1ccc2c(c1)c1ccccc1n2-c1cc(-c2cc(-n3cccn3)cc(-n3cccn3)c2)cc(-n2c3ccccc3c3ccccc32)c1. The van der Waals surface area contributed by atoms with Crippen molar-refractivity contribution >= 4 is 43.6 Å². The molecule has 0 N–H and O–H groups in total. The van der Waals surface area contributed by atoms with Crippen LogP contribution in [0.25, 0.3) is 77.5 Å². The van der Waals surface area contributed by atoms with E-state index in [4.69, 9.17) is 0 Å². The van der Waals surface area contributed by atoms with Gasteiger partial charge in [-0.1, -0.05) is 72.8 Å². The van der Waals surface area contributed by atoms with Gasteiger partial charge in [0.25, 0.3) is 0 Å². The van der Waals surface area contributed by atoms with Crippen molar-refractivity contribution in [3.63, 3.8) is 0 Å². The summed E-state index contributed by atoms with van der Waals surface area (Å²) in [5, 5.41) is 14.1. The second-order valence-corrected chi connectivity index (χ2v) is 12.1. The van der Waals surface area contributed by atoms with Crippen LogP contribution in [-0.2, 0) is 0 Å². The summed E-state index contributed by atoms with van der Waals surface area (Å²) in [6, 6.07) is 52.1. The predicted molar refractivity (Wildman–Crippen MR) is 195 cm³/mol. The minimum Gasteiger partial charge on any atom is -0.309 e. The van der Waals surface area contributed by atoms with Gasteiger partial charge in [0.2, 0.25) is 0 Å².